The van der Waals surface area contributed by atoms with Gasteiger partial charge in [0.25, 0.3) is 0 Å². The predicted octanol–water partition coefficient (Wildman–Crippen LogP) is 4.35. The maximum absolute atomic E-state index is 12.2. The maximum atomic E-state index is 12.2. The number of piperidine rings is 1. The van der Waals surface area contributed by atoms with E-state index in [2.05, 4.69) is 10.1 Å². The molecule has 148 valence electrons. The molecule has 0 aliphatic carbocycles. The van der Waals surface area contributed by atoms with Crippen LogP contribution in [0.3, 0.4) is 0 Å². The van der Waals surface area contributed by atoms with Crippen molar-refractivity contribution in [1.29, 1.82) is 5.26 Å². The Hall–Kier alpha value is -2.59. The van der Waals surface area contributed by atoms with Crippen LogP contribution in [0.15, 0.2) is 18.6 Å². The van der Waals surface area contributed by atoms with Crippen molar-refractivity contribution in [3.63, 3.8) is 0 Å². The molecule has 1 fully saturated rings. The van der Waals surface area contributed by atoms with Crippen molar-refractivity contribution in [3.8, 4) is 17.2 Å². The molecule has 3 rings (SSSR count). The van der Waals surface area contributed by atoms with E-state index in [-0.39, 0.29) is 17.8 Å². The third kappa shape index (κ3) is 4.28. The van der Waals surface area contributed by atoms with E-state index in [1.54, 1.807) is 17.3 Å². The molecular formula is C20H24ClN5O2. The molecule has 1 aliphatic heterocycles. The van der Waals surface area contributed by atoms with Crippen molar-refractivity contribution < 1.29 is 9.53 Å². The molecule has 28 heavy (non-hydrogen) atoms. The molecule has 2 aromatic heterocycles. The Labute approximate surface area is 169 Å². The Balaban J connectivity index is 1.69. The second-order valence-corrected chi connectivity index (χ2v) is 8.36. The minimum Gasteiger partial charge on any atom is -0.444 e. The summed E-state index contributed by atoms with van der Waals surface area (Å²) in [6.07, 6.45) is 6.78. The van der Waals surface area contributed by atoms with Gasteiger partial charge in [-0.05, 0) is 46.1 Å². The number of nitriles is 1. The predicted molar refractivity (Wildman–Crippen MR) is 106 cm³/mol. The molecule has 0 saturated carbocycles. The molecule has 0 aromatic carbocycles. The second kappa shape index (κ2) is 7.80. The first-order chi connectivity index (χ1) is 13.2. The first kappa shape index (κ1) is 20.2. The Bertz CT molecular complexity index is 918. The number of hydrogen-bond donors (Lipinski definition) is 0. The van der Waals surface area contributed by atoms with Gasteiger partial charge in [-0.1, -0.05) is 11.6 Å². The Morgan fingerprint density at radius 3 is 2.61 bits per heavy atom. The lowest BCUT2D eigenvalue weighted by atomic mass is 10.0. The number of carbonyl (C=O) groups is 1. The van der Waals surface area contributed by atoms with Crippen molar-refractivity contribution >= 4 is 17.7 Å². The lowest BCUT2D eigenvalue weighted by Gasteiger charge is -2.33. The number of carbonyl (C=O) groups excluding carboxylic acids is 1. The van der Waals surface area contributed by atoms with Crippen LogP contribution >= 0.6 is 11.6 Å². The van der Waals surface area contributed by atoms with Crippen LogP contribution in [0.25, 0.3) is 11.1 Å². The van der Waals surface area contributed by atoms with Gasteiger partial charge in [-0.2, -0.15) is 10.4 Å². The van der Waals surface area contributed by atoms with Crippen molar-refractivity contribution in [2.24, 2.45) is 0 Å². The molecule has 7 nitrogen and oxygen atoms in total. The van der Waals surface area contributed by atoms with Gasteiger partial charge in [-0.3, -0.25) is 4.68 Å². The molecule has 0 unspecified atom stereocenters. The SMILES string of the molecule is Cc1c(-c2cnn(C3CCN(C(=O)OC(C)(C)C)CC3)c2)cnc(C#N)c1Cl. The second-order valence-electron chi connectivity index (χ2n) is 7.98. The number of likely N-dealkylation sites (tertiary alicyclic amines) is 1. The number of aromatic nitrogens is 3. The number of ether oxygens (including phenoxy) is 1. The maximum Gasteiger partial charge on any atom is 0.410 e. The lowest BCUT2D eigenvalue weighted by Crippen LogP contribution is -2.42. The fourth-order valence-corrected chi connectivity index (χ4v) is 3.46. The highest BCUT2D eigenvalue weighted by atomic mass is 35.5. The van der Waals surface area contributed by atoms with E-state index in [1.165, 1.54) is 0 Å². The Morgan fingerprint density at radius 2 is 2.00 bits per heavy atom. The monoisotopic (exact) mass is 401 g/mol. The number of nitrogens with zero attached hydrogens (tertiary/aromatic N) is 5. The third-order valence-corrected chi connectivity index (χ3v) is 5.24. The molecule has 2 aromatic rings. The first-order valence-corrected chi connectivity index (χ1v) is 9.65. The summed E-state index contributed by atoms with van der Waals surface area (Å²) < 4.78 is 7.38. The summed E-state index contributed by atoms with van der Waals surface area (Å²) >= 11 is 6.23. The molecule has 0 atom stereocenters. The Kier molecular flexibility index (Phi) is 5.61. The van der Waals surface area contributed by atoms with Crippen LogP contribution in [0.5, 0.6) is 0 Å². The van der Waals surface area contributed by atoms with E-state index < -0.39 is 5.60 Å². The summed E-state index contributed by atoms with van der Waals surface area (Å²) in [6.45, 7) is 8.76. The van der Waals surface area contributed by atoms with Gasteiger partial charge in [0.1, 0.15) is 11.7 Å². The molecular weight excluding hydrogens is 378 g/mol. The van der Waals surface area contributed by atoms with Gasteiger partial charge in [-0.15, -0.1) is 0 Å². The van der Waals surface area contributed by atoms with Crippen LogP contribution in [0.2, 0.25) is 5.02 Å². The minimum atomic E-state index is -0.487. The van der Waals surface area contributed by atoms with Crippen LogP contribution < -0.4 is 0 Å². The highest BCUT2D eigenvalue weighted by Gasteiger charge is 2.28. The number of halogens is 1. The average Bonchev–Trinajstić information content (AvgIpc) is 3.12. The lowest BCUT2D eigenvalue weighted by molar-refractivity contribution is 0.0185. The molecule has 1 amide bonds. The summed E-state index contributed by atoms with van der Waals surface area (Å²) in [5.41, 5.74) is 2.32. The van der Waals surface area contributed by atoms with E-state index in [1.807, 2.05) is 44.6 Å². The highest BCUT2D eigenvalue weighted by molar-refractivity contribution is 6.32. The topological polar surface area (TPSA) is 84.0 Å². The van der Waals surface area contributed by atoms with Crippen LogP contribution in [0, 0.1) is 18.3 Å². The van der Waals surface area contributed by atoms with Crippen molar-refractivity contribution in [2.45, 2.75) is 52.2 Å². The van der Waals surface area contributed by atoms with E-state index in [0.717, 1.165) is 29.5 Å². The molecule has 3 heterocycles. The van der Waals surface area contributed by atoms with Crippen LogP contribution in [0.1, 0.15) is 50.9 Å². The molecule has 0 spiro atoms. The third-order valence-electron chi connectivity index (χ3n) is 4.77. The van der Waals surface area contributed by atoms with Gasteiger partial charge in [0.05, 0.1) is 17.3 Å². The minimum absolute atomic E-state index is 0.217. The van der Waals surface area contributed by atoms with E-state index in [4.69, 9.17) is 21.6 Å². The molecule has 1 saturated heterocycles. The number of amides is 1. The van der Waals surface area contributed by atoms with Crippen LogP contribution in [-0.4, -0.2) is 44.4 Å². The quantitative estimate of drug-likeness (QED) is 0.746. The summed E-state index contributed by atoms with van der Waals surface area (Å²) in [4.78, 5) is 18.1. The summed E-state index contributed by atoms with van der Waals surface area (Å²) in [5, 5.41) is 13.9. The van der Waals surface area contributed by atoms with Crippen molar-refractivity contribution in [2.75, 3.05) is 13.1 Å². The molecule has 8 heteroatoms. The summed E-state index contributed by atoms with van der Waals surface area (Å²) in [5.74, 6) is 0. The summed E-state index contributed by atoms with van der Waals surface area (Å²) in [6, 6.07) is 2.21. The highest BCUT2D eigenvalue weighted by Crippen LogP contribution is 2.31. The van der Waals surface area contributed by atoms with E-state index in [0.29, 0.717) is 18.1 Å². The van der Waals surface area contributed by atoms with Gasteiger partial charge < -0.3 is 9.64 Å². The van der Waals surface area contributed by atoms with Gasteiger partial charge in [0.2, 0.25) is 0 Å². The van der Waals surface area contributed by atoms with Crippen molar-refractivity contribution in [1.82, 2.24) is 19.7 Å². The first-order valence-electron chi connectivity index (χ1n) is 9.27. The Morgan fingerprint density at radius 1 is 1.32 bits per heavy atom. The average molecular weight is 402 g/mol. The molecule has 0 N–H and O–H groups in total. The van der Waals surface area contributed by atoms with Crippen LogP contribution in [0.4, 0.5) is 4.79 Å². The standard InChI is InChI=1S/C20H24ClN5O2/c1-13-16(11-23-17(9-22)18(13)21)14-10-24-26(12-14)15-5-7-25(8-6-15)19(27)28-20(2,3)4/h10-12,15H,5-8H2,1-4H3. The number of pyridine rings is 1. The number of rotatable bonds is 2. The zero-order valence-electron chi connectivity index (χ0n) is 16.6. The largest absolute Gasteiger partial charge is 0.444 e. The fraction of sp³-hybridized carbons (Fsp3) is 0.500. The van der Waals surface area contributed by atoms with Gasteiger partial charge >= 0.3 is 6.09 Å². The van der Waals surface area contributed by atoms with Crippen LogP contribution in [-0.2, 0) is 4.74 Å². The van der Waals surface area contributed by atoms with Crippen molar-refractivity contribution in [3.05, 3.63) is 34.9 Å². The van der Waals surface area contributed by atoms with E-state index >= 15 is 0 Å². The van der Waals surface area contributed by atoms with Gasteiger partial charge in [0, 0.05) is 36.6 Å². The zero-order chi connectivity index (χ0) is 20.5. The normalized spacial score (nSPS) is 15.4. The zero-order valence-corrected chi connectivity index (χ0v) is 17.3. The van der Waals surface area contributed by atoms with Gasteiger partial charge in [-0.25, -0.2) is 9.78 Å². The fourth-order valence-electron chi connectivity index (χ4n) is 3.26. The van der Waals surface area contributed by atoms with Gasteiger partial charge in [0.15, 0.2) is 5.69 Å². The molecule has 0 bridgehead atoms. The smallest absolute Gasteiger partial charge is 0.410 e. The summed E-state index contributed by atoms with van der Waals surface area (Å²) in [7, 11) is 0. The molecule has 0 radical (unpaired) electrons. The number of hydrogen-bond acceptors (Lipinski definition) is 5. The van der Waals surface area contributed by atoms with E-state index in [9.17, 15) is 4.79 Å². The molecule has 1 aliphatic rings.